The van der Waals surface area contributed by atoms with Gasteiger partial charge < -0.3 is 0 Å². The van der Waals surface area contributed by atoms with Crippen molar-refractivity contribution in [3.05, 3.63) is 172 Å². The average Bonchev–Trinajstić information content (AvgIpc) is 3.44. The molecule has 2 aliphatic rings. The van der Waals surface area contributed by atoms with E-state index in [2.05, 4.69) is 78.8 Å². The maximum Gasteiger partial charge on any atom is 0.206 e. The molecule has 8 rings (SSSR count). The Labute approximate surface area is 271 Å². The summed E-state index contributed by atoms with van der Waals surface area (Å²) in [7, 11) is 0. The van der Waals surface area contributed by atoms with Gasteiger partial charge in [-0.05, 0) is 91.9 Å². The molecule has 224 valence electrons. The SMILES string of the molecule is CC1CC=Cc2c1c1ccccc1c1c2=C(c2ccc(-c3ccc(F)cc3)cc2)C(=NC#N)C=1c1ccc(-c2ccc(F)cc2)cc1. The van der Waals surface area contributed by atoms with Gasteiger partial charge in [0, 0.05) is 21.6 Å². The van der Waals surface area contributed by atoms with Crippen LogP contribution in [0.15, 0.2) is 132 Å². The van der Waals surface area contributed by atoms with Crippen molar-refractivity contribution in [1.29, 1.82) is 5.26 Å². The minimum absolute atomic E-state index is 0.270. The third-order valence-corrected chi connectivity index (χ3v) is 9.40. The quantitative estimate of drug-likeness (QED) is 0.183. The van der Waals surface area contributed by atoms with Crippen LogP contribution in [0.25, 0.3) is 50.2 Å². The van der Waals surface area contributed by atoms with Gasteiger partial charge in [0.05, 0.1) is 5.71 Å². The Morgan fingerprint density at radius 1 is 0.596 bits per heavy atom. The molecule has 0 N–H and O–H groups in total. The van der Waals surface area contributed by atoms with Crippen molar-refractivity contribution < 1.29 is 8.78 Å². The van der Waals surface area contributed by atoms with Crippen LogP contribution < -0.4 is 10.4 Å². The van der Waals surface area contributed by atoms with Crippen molar-refractivity contribution in [3.63, 3.8) is 0 Å². The van der Waals surface area contributed by atoms with Gasteiger partial charge in [-0.1, -0.05) is 116 Å². The number of benzene rings is 6. The second kappa shape index (κ2) is 11.5. The molecule has 1 atom stereocenters. The smallest absolute Gasteiger partial charge is 0.206 e. The largest absolute Gasteiger partial charge is 0.207 e. The van der Waals surface area contributed by atoms with Crippen LogP contribution >= 0.6 is 0 Å². The fourth-order valence-corrected chi connectivity index (χ4v) is 7.25. The molecule has 1 unspecified atom stereocenters. The molecule has 0 bridgehead atoms. The molecule has 47 heavy (non-hydrogen) atoms. The van der Waals surface area contributed by atoms with E-state index in [0.717, 1.165) is 66.8 Å². The molecule has 0 saturated heterocycles. The molecular weight excluding hydrogens is 582 g/mol. The highest BCUT2D eigenvalue weighted by atomic mass is 19.1. The molecule has 2 aliphatic carbocycles. The van der Waals surface area contributed by atoms with Crippen LogP contribution in [0.3, 0.4) is 0 Å². The first-order valence-electron chi connectivity index (χ1n) is 15.7. The highest BCUT2D eigenvalue weighted by Gasteiger charge is 2.30. The van der Waals surface area contributed by atoms with Gasteiger partial charge in [0.25, 0.3) is 0 Å². The van der Waals surface area contributed by atoms with Crippen molar-refractivity contribution in [2.24, 2.45) is 4.99 Å². The summed E-state index contributed by atoms with van der Waals surface area (Å²) in [6, 6.07) is 38.0. The third-order valence-electron chi connectivity index (χ3n) is 9.40. The van der Waals surface area contributed by atoms with Crippen LogP contribution in [0.1, 0.15) is 41.5 Å². The van der Waals surface area contributed by atoms with Crippen LogP contribution in [-0.4, -0.2) is 5.71 Å². The molecule has 0 radical (unpaired) electrons. The fraction of sp³-hybridized carbons (Fsp3) is 0.0698. The lowest BCUT2D eigenvalue weighted by Crippen LogP contribution is -2.31. The van der Waals surface area contributed by atoms with E-state index in [-0.39, 0.29) is 11.6 Å². The Balaban J connectivity index is 1.44. The maximum absolute atomic E-state index is 13.6. The zero-order chi connectivity index (χ0) is 32.1. The monoisotopic (exact) mass is 610 g/mol. The maximum atomic E-state index is 13.6. The van der Waals surface area contributed by atoms with E-state index < -0.39 is 0 Å². The first-order chi connectivity index (χ1) is 23.0. The summed E-state index contributed by atoms with van der Waals surface area (Å²) in [5, 5.41) is 14.6. The Morgan fingerprint density at radius 2 is 1.04 bits per heavy atom. The summed E-state index contributed by atoms with van der Waals surface area (Å²) in [6.07, 6.45) is 7.56. The Hall–Kier alpha value is -5.92. The first-order valence-corrected chi connectivity index (χ1v) is 15.7. The first kappa shape index (κ1) is 28.5. The van der Waals surface area contributed by atoms with E-state index in [1.807, 2.05) is 24.3 Å². The van der Waals surface area contributed by atoms with Gasteiger partial charge in [-0.15, -0.1) is 0 Å². The third kappa shape index (κ3) is 4.80. The minimum atomic E-state index is -0.270. The van der Waals surface area contributed by atoms with Crippen LogP contribution in [0, 0.1) is 23.1 Å². The Kier molecular flexibility index (Phi) is 6.96. The number of fused-ring (bicyclic) bond motifs is 6. The number of hydrogen-bond acceptors (Lipinski definition) is 2. The van der Waals surface area contributed by atoms with Gasteiger partial charge in [-0.3, -0.25) is 0 Å². The number of nitrogens with zero attached hydrogens (tertiary/aromatic N) is 2. The van der Waals surface area contributed by atoms with E-state index in [1.54, 1.807) is 24.3 Å². The van der Waals surface area contributed by atoms with Gasteiger partial charge in [0.15, 0.2) is 0 Å². The number of rotatable bonds is 4. The summed E-state index contributed by atoms with van der Waals surface area (Å²) >= 11 is 0. The van der Waals surface area contributed by atoms with Crippen LogP contribution in [0.4, 0.5) is 8.78 Å². The van der Waals surface area contributed by atoms with Gasteiger partial charge in [-0.2, -0.15) is 10.3 Å². The topological polar surface area (TPSA) is 36.1 Å². The van der Waals surface area contributed by atoms with Crippen molar-refractivity contribution in [1.82, 2.24) is 0 Å². The lowest BCUT2D eigenvalue weighted by atomic mass is 9.82. The number of allylic oxidation sites excluding steroid dienone is 1. The van der Waals surface area contributed by atoms with Gasteiger partial charge in [0.2, 0.25) is 6.19 Å². The fourth-order valence-electron chi connectivity index (χ4n) is 7.25. The van der Waals surface area contributed by atoms with E-state index in [9.17, 15) is 14.0 Å². The summed E-state index contributed by atoms with van der Waals surface area (Å²) in [4.78, 5) is 4.55. The molecule has 0 spiro atoms. The molecule has 0 amide bonds. The number of aliphatic imine (C=N–C) groups is 1. The van der Waals surface area contributed by atoms with Crippen LogP contribution in [0.5, 0.6) is 0 Å². The van der Waals surface area contributed by atoms with E-state index in [4.69, 9.17) is 0 Å². The van der Waals surface area contributed by atoms with Crippen molar-refractivity contribution in [2.45, 2.75) is 19.3 Å². The van der Waals surface area contributed by atoms with Gasteiger partial charge in [-0.25, -0.2) is 8.78 Å². The van der Waals surface area contributed by atoms with Crippen molar-refractivity contribution >= 4 is 33.7 Å². The second-order valence-corrected chi connectivity index (χ2v) is 12.1. The van der Waals surface area contributed by atoms with Gasteiger partial charge >= 0.3 is 0 Å². The van der Waals surface area contributed by atoms with Crippen LogP contribution in [0.2, 0.25) is 0 Å². The van der Waals surface area contributed by atoms with E-state index in [0.29, 0.717) is 11.6 Å². The summed E-state index contributed by atoms with van der Waals surface area (Å²) in [6.45, 7) is 2.27. The number of hydrogen-bond donors (Lipinski definition) is 0. The number of nitriles is 1. The summed E-state index contributed by atoms with van der Waals surface area (Å²) in [5.41, 5.74) is 10.6. The standard InChI is InChI=1S/C43H28F2N2/c1-26-5-4-8-37-38(26)35-6-2-3-7-36(35)41-39(31-13-9-27(10-14-31)29-17-21-33(44)22-18-29)43(47-25-46)40(42(37)41)32-15-11-28(12-16-32)30-19-23-34(45)24-20-30/h2-4,6-24,26H,5H2,1H3. The predicted molar refractivity (Wildman–Crippen MR) is 187 cm³/mol. The highest BCUT2D eigenvalue weighted by molar-refractivity contribution is 6.47. The molecule has 2 nitrogen and oxygen atoms in total. The Bertz CT molecular complexity index is 2430. The number of halogens is 2. The lowest BCUT2D eigenvalue weighted by Gasteiger charge is -2.22. The zero-order valence-electron chi connectivity index (χ0n) is 25.6. The van der Waals surface area contributed by atoms with E-state index in [1.165, 1.54) is 40.8 Å². The molecule has 0 aromatic heterocycles. The molecule has 0 saturated carbocycles. The van der Waals surface area contributed by atoms with Gasteiger partial charge in [0.1, 0.15) is 11.6 Å². The molecule has 0 aliphatic heterocycles. The molecule has 6 aromatic carbocycles. The summed E-state index contributed by atoms with van der Waals surface area (Å²) in [5.74, 6) is -0.218. The normalized spacial score (nSPS) is 16.0. The molecular formula is C43H28F2N2. The Morgan fingerprint density at radius 3 is 1.55 bits per heavy atom. The summed E-state index contributed by atoms with van der Waals surface area (Å²) < 4.78 is 27.3. The second-order valence-electron chi connectivity index (χ2n) is 12.1. The predicted octanol–water partition coefficient (Wildman–Crippen LogP) is 9.31. The van der Waals surface area contributed by atoms with Crippen molar-refractivity contribution in [3.8, 4) is 28.4 Å². The molecule has 4 heteroatoms. The van der Waals surface area contributed by atoms with E-state index >= 15 is 0 Å². The van der Waals surface area contributed by atoms with Crippen molar-refractivity contribution in [2.75, 3.05) is 0 Å². The zero-order valence-corrected chi connectivity index (χ0v) is 25.6. The lowest BCUT2D eigenvalue weighted by molar-refractivity contribution is 0.627. The molecule has 6 aromatic rings. The average molecular weight is 611 g/mol. The van der Waals surface area contributed by atoms with Crippen LogP contribution in [-0.2, 0) is 0 Å². The molecule has 0 heterocycles. The highest BCUT2D eigenvalue weighted by Crippen LogP contribution is 2.37. The molecule has 0 fully saturated rings. The minimum Gasteiger partial charge on any atom is -0.207 e.